The van der Waals surface area contributed by atoms with Crippen LogP contribution in [0.15, 0.2) is 40.2 Å². The maximum absolute atomic E-state index is 13.6. The van der Waals surface area contributed by atoms with Crippen molar-refractivity contribution in [2.75, 3.05) is 27.4 Å². The summed E-state index contributed by atoms with van der Waals surface area (Å²) < 4.78 is 14.4. The van der Waals surface area contributed by atoms with E-state index in [1.165, 1.54) is 27.0 Å². The second-order valence-electron chi connectivity index (χ2n) is 9.53. The van der Waals surface area contributed by atoms with Crippen LogP contribution in [0.2, 0.25) is 0 Å². The molecule has 0 spiro atoms. The minimum Gasteiger partial charge on any atom is -0.496 e. The van der Waals surface area contributed by atoms with Crippen molar-refractivity contribution in [3.8, 4) is 5.75 Å². The molecule has 6 rings (SSSR count). The second-order valence-corrected chi connectivity index (χ2v) is 10.5. The highest BCUT2D eigenvalue weighted by Gasteiger charge is 2.40. The minimum absolute atomic E-state index is 0.182. The molecule has 188 valence electrons. The van der Waals surface area contributed by atoms with Gasteiger partial charge in [-0.05, 0) is 48.9 Å². The number of benzene rings is 1. The molecule has 3 aromatic heterocycles. The van der Waals surface area contributed by atoms with Crippen molar-refractivity contribution in [2.24, 2.45) is 5.92 Å². The highest BCUT2D eigenvalue weighted by Crippen LogP contribution is 2.45. The molecule has 1 fully saturated rings. The number of aromatic nitrogens is 4. The van der Waals surface area contributed by atoms with E-state index >= 15 is 0 Å². The van der Waals surface area contributed by atoms with Crippen LogP contribution in [0.4, 0.5) is 0 Å². The van der Waals surface area contributed by atoms with Crippen molar-refractivity contribution in [3.05, 3.63) is 62.6 Å². The van der Waals surface area contributed by atoms with E-state index < -0.39 is 0 Å². The minimum atomic E-state index is -0.324. The maximum atomic E-state index is 13.6. The molecule has 1 aliphatic carbocycles. The number of methoxy groups -OCH3 is 2. The maximum Gasteiger partial charge on any atom is 0.331 e. The van der Waals surface area contributed by atoms with E-state index in [0.29, 0.717) is 58.5 Å². The normalized spacial score (nSPS) is 21.1. The predicted molar refractivity (Wildman–Crippen MR) is 139 cm³/mol. The van der Waals surface area contributed by atoms with Gasteiger partial charge in [0.05, 0.1) is 25.8 Å². The molecule has 10 heteroatoms. The first kappa shape index (κ1) is 23.3. The molecular weight excluding hydrogens is 478 g/mol. The number of ether oxygens (including phenoxy) is 2. The molecule has 36 heavy (non-hydrogen) atoms. The Balaban J connectivity index is 1.37. The van der Waals surface area contributed by atoms with Crippen LogP contribution in [0, 0.1) is 5.92 Å². The Bertz CT molecular complexity index is 1560. The Morgan fingerprint density at radius 2 is 2.00 bits per heavy atom. The molecule has 1 aromatic carbocycles. The van der Waals surface area contributed by atoms with Crippen molar-refractivity contribution in [1.82, 2.24) is 24.4 Å². The fraction of sp³-hybridized carbons (Fsp3) is 0.462. The van der Waals surface area contributed by atoms with Gasteiger partial charge in [-0.25, -0.2) is 14.8 Å². The van der Waals surface area contributed by atoms with E-state index in [0.717, 1.165) is 25.1 Å². The highest BCUT2D eigenvalue weighted by molar-refractivity contribution is 7.25. The average Bonchev–Trinajstić information content (AvgIpc) is 3.50. The lowest BCUT2D eigenvalue weighted by Gasteiger charge is -2.32. The van der Waals surface area contributed by atoms with E-state index in [2.05, 4.69) is 27.4 Å². The molecule has 4 heterocycles. The van der Waals surface area contributed by atoms with Gasteiger partial charge in [-0.15, -0.1) is 11.3 Å². The predicted octanol–water partition coefficient (Wildman–Crippen LogP) is 2.53. The van der Waals surface area contributed by atoms with Gasteiger partial charge in [-0.1, -0.05) is 12.1 Å². The smallest absolute Gasteiger partial charge is 0.331 e. The van der Waals surface area contributed by atoms with Gasteiger partial charge in [-0.3, -0.25) is 13.9 Å². The monoisotopic (exact) mass is 507 g/mol. The van der Waals surface area contributed by atoms with Gasteiger partial charge in [-0.2, -0.15) is 0 Å². The van der Waals surface area contributed by atoms with Gasteiger partial charge >= 0.3 is 5.69 Å². The molecule has 0 saturated carbocycles. The third kappa shape index (κ3) is 3.66. The van der Waals surface area contributed by atoms with Gasteiger partial charge in [0.2, 0.25) is 0 Å². The van der Waals surface area contributed by atoms with Gasteiger partial charge in [0.15, 0.2) is 0 Å². The number of rotatable bonds is 7. The van der Waals surface area contributed by atoms with E-state index in [-0.39, 0.29) is 17.3 Å². The van der Waals surface area contributed by atoms with Crippen molar-refractivity contribution >= 4 is 31.9 Å². The van der Waals surface area contributed by atoms with Crippen LogP contribution in [-0.4, -0.2) is 52.5 Å². The largest absolute Gasteiger partial charge is 0.496 e. The average molecular weight is 508 g/mol. The van der Waals surface area contributed by atoms with Crippen molar-refractivity contribution in [3.63, 3.8) is 0 Å². The van der Waals surface area contributed by atoms with Crippen LogP contribution in [-0.2, 0) is 24.2 Å². The van der Waals surface area contributed by atoms with E-state index in [4.69, 9.17) is 9.47 Å². The number of nitrogens with zero attached hydrogens (tertiary/aromatic N) is 4. The van der Waals surface area contributed by atoms with Gasteiger partial charge in [0, 0.05) is 38.0 Å². The zero-order chi connectivity index (χ0) is 24.8. The number of fused-ring (bicyclic) bond motifs is 6. The Kier molecular flexibility index (Phi) is 6.10. The standard InChI is InChI=1S/C26H29N5O4S/c1-34-13-12-30-22-21-24(28-10-9-27-21)36-23(22)25(32)31(26(30)33)11-8-18-20-15(14-29-18)6-7-16-17(20)4-3-5-19(16)35-2/h3-5,9-10,15,18,20,29H,6-8,11-14H2,1-2H3/t15-,18?,20+/m0/s1. The highest BCUT2D eigenvalue weighted by atomic mass is 32.1. The molecule has 3 atom stereocenters. The quantitative estimate of drug-likeness (QED) is 0.410. The first-order valence-electron chi connectivity index (χ1n) is 12.4. The van der Waals surface area contributed by atoms with E-state index in [1.807, 2.05) is 6.07 Å². The SMILES string of the molecule is COCCn1c(=O)n(CCC2NC[C@@H]3CCc4c(OC)cccc4[C@H]23)c(=O)c2sc3nccnc3c21. The summed E-state index contributed by atoms with van der Waals surface area (Å²) in [6.07, 6.45) is 6.00. The zero-order valence-electron chi connectivity index (χ0n) is 20.4. The summed E-state index contributed by atoms with van der Waals surface area (Å²) >= 11 is 1.29. The molecule has 1 N–H and O–H groups in total. The lowest BCUT2D eigenvalue weighted by molar-refractivity contribution is 0.186. The molecule has 0 amide bonds. The molecule has 9 nitrogen and oxygen atoms in total. The molecule has 4 aromatic rings. The first-order chi connectivity index (χ1) is 17.6. The van der Waals surface area contributed by atoms with Gasteiger partial charge < -0.3 is 14.8 Å². The summed E-state index contributed by atoms with van der Waals surface area (Å²) in [6.45, 7) is 1.99. The lowest BCUT2D eigenvalue weighted by Crippen LogP contribution is -2.41. The summed E-state index contributed by atoms with van der Waals surface area (Å²) in [5.74, 6) is 1.84. The Morgan fingerprint density at radius 1 is 1.14 bits per heavy atom. The van der Waals surface area contributed by atoms with Crippen LogP contribution >= 0.6 is 11.3 Å². The molecule has 1 saturated heterocycles. The number of hydrogen-bond acceptors (Lipinski definition) is 8. The number of thiophene rings is 1. The Hall–Kier alpha value is -3.08. The van der Waals surface area contributed by atoms with Crippen LogP contribution in [0.1, 0.15) is 29.9 Å². The number of hydrogen-bond donors (Lipinski definition) is 1. The summed E-state index contributed by atoms with van der Waals surface area (Å²) in [5, 5.41) is 3.69. The fourth-order valence-corrected chi connectivity index (χ4v) is 7.17. The fourth-order valence-electron chi connectivity index (χ4n) is 6.12. The van der Waals surface area contributed by atoms with Gasteiger partial charge in [0.1, 0.15) is 20.8 Å². The molecule has 1 unspecified atom stereocenters. The third-order valence-electron chi connectivity index (χ3n) is 7.75. The van der Waals surface area contributed by atoms with E-state index in [1.54, 1.807) is 31.2 Å². The number of nitrogens with one attached hydrogen (secondary N) is 1. The van der Waals surface area contributed by atoms with Crippen LogP contribution in [0.3, 0.4) is 0 Å². The third-order valence-corrected chi connectivity index (χ3v) is 8.82. The van der Waals surface area contributed by atoms with Crippen LogP contribution in [0.5, 0.6) is 5.75 Å². The zero-order valence-corrected chi connectivity index (χ0v) is 21.2. The molecule has 1 aliphatic heterocycles. The summed E-state index contributed by atoms with van der Waals surface area (Å²) in [5.41, 5.74) is 3.17. The van der Waals surface area contributed by atoms with Crippen LogP contribution in [0.25, 0.3) is 20.6 Å². The molecule has 0 radical (unpaired) electrons. The topological polar surface area (TPSA) is 100 Å². The summed E-state index contributed by atoms with van der Waals surface area (Å²) in [7, 11) is 3.32. The first-order valence-corrected chi connectivity index (χ1v) is 13.2. The lowest BCUT2D eigenvalue weighted by atomic mass is 9.73. The van der Waals surface area contributed by atoms with Crippen LogP contribution < -0.4 is 21.3 Å². The molecule has 0 bridgehead atoms. The van der Waals surface area contributed by atoms with Crippen molar-refractivity contribution < 1.29 is 9.47 Å². The molecular formula is C26H29N5O4S. The Morgan fingerprint density at radius 3 is 2.83 bits per heavy atom. The molecule has 2 aliphatic rings. The van der Waals surface area contributed by atoms with Crippen molar-refractivity contribution in [1.29, 1.82) is 0 Å². The van der Waals surface area contributed by atoms with E-state index in [9.17, 15) is 9.59 Å². The Labute approximate surface area is 211 Å². The van der Waals surface area contributed by atoms with Gasteiger partial charge in [0.25, 0.3) is 5.56 Å². The summed E-state index contributed by atoms with van der Waals surface area (Å²) in [6, 6.07) is 6.48. The second kappa shape index (κ2) is 9.42. The van der Waals surface area contributed by atoms with Crippen molar-refractivity contribution in [2.45, 2.75) is 44.3 Å². The summed E-state index contributed by atoms with van der Waals surface area (Å²) in [4.78, 5) is 36.6.